The Bertz CT molecular complexity index is 560. The van der Waals surface area contributed by atoms with E-state index < -0.39 is 0 Å². The van der Waals surface area contributed by atoms with E-state index in [1.165, 1.54) is 25.1 Å². The van der Waals surface area contributed by atoms with E-state index in [0.717, 1.165) is 11.3 Å². The predicted molar refractivity (Wildman–Crippen MR) is 65.9 cm³/mol. The van der Waals surface area contributed by atoms with E-state index in [4.69, 9.17) is 0 Å². The normalized spacial score (nSPS) is 15.0. The molecule has 94 valence electrons. The van der Waals surface area contributed by atoms with E-state index in [9.17, 15) is 4.39 Å². The number of halogens is 1. The minimum Gasteiger partial charge on any atom is -0.310 e. The summed E-state index contributed by atoms with van der Waals surface area (Å²) in [7, 11) is 0. The molecule has 2 heterocycles. The van der Waals surface area contributed by atoms with Gasteiger partial charge in [0.05, 0.1) is 11.9 Å². The van der Waals surface area contributed by atoms with Crippen LogP contribution in [0, 0.1) is 12.7 Å². The molecule has 0 saturated heterocycles. The first-order valence-corrected chi connectivity index (χ1v) is 6.13. The summed E-state index contributed by atoms with van der Waals surface area (Å²) in [5.41, 5.74) is 1.76. The molecule has 18 heavy (non-hydrogen) atoms. The SMILES string of the molecule is Cc1ccn(-c2ncc(F)cc2CNC2CC2)n1. The molecule has 0 radical (unpaired) electrons. The molecule has 3 rings (SSSR count). The number of nitrogens with one attached hydrogen (secondary N) is 1. The summed E-state index contributed by atoms with van der Waals surface area (Å²) in [4.78, 5) is 4.15. The summed E-state index contributed by atoms with van der Waals surface area (Å²) >= 11 is 0. The first kappa shape index (κ1) is 11.3. The van der Waals surface area contributed by atoms with E-state index in [0.29, 0.717) is 18.4 Å². The second-order valence-electron chi connectivity index (χ2n) is 4.69. The summed E-state index contributed by atoms with van der Waals surface area (Å²) in [6.45, 7) is 2.55. The number of hydrogen-bond donors (Lipinski definition) is 1. The van der Waals surface area contributed by atoms with Gasteiger partial charge >= 0.3 is 0 Å². The zero-order valence-corrected chi connectivity index (χ0v) is 10.2. The van der Waals surface area contributed by atoms with Crippen molar-refractivity contribution >= 4 is 0 Å². The average molecular weight is 246 g/mol. The van der Waals surface area contributed by atoms with Gasteiger partial charge in [-0.2, -0.15) is 5.10 Å². The highest BCUT2D eigenvalue weighted by Gasteiger charge is 2.21. The van der Waals surface area contributed by atoms with Gasteiger partial charge in [0.15, 0.2) is 5.82 Å². The van der Waals surface area contributed by atoms with Gasteiger partial charge < -0.3 is 5.32 Å². The van der Waals surface area contributed by atoms with Crippen LogP contribution < -0.4 is 5.32 Å². The largest absolute Gasteiger partial charge is 0.310 e. The number of pyridine rings is 1. The number of aryl methyl sites for hydroxylation is 1. The molecule has 0 bridgehead atoms. The summed E-state index contributed by atoms with van der Waals surface area (Å²) in [6.07, 6.45) is 5.49. The van der Waals surface area contributed by atoms with E-state index in [-0.39, 0.29) is 5.82 Å². The van der Waals surface area contributed by atoms with Crippen LogP contribution in [0.5, 0.6) is 0 Å². The molecule has 0 atom stereocenters. The van der Waals surface area contributed by atoms with Crippen LogP contribution in [0.15, 0.2) is 24.5 Å². The van der Waals surface area contributed by atoms with Crippen LogP contribution in [0.2, 0.25) is 0 Å². The smallest absolute Gasteiger partial charge is 0.157 e. The van der Waals surface area contributed by atoms with Gasteiger partial charge in [0.1, 0.15) is 5.82 Å². The fourth-order valence-corrected chi connectivity index (χ4v) is 1.89. The van der Waals surface area contributed by atoms with Crippen molar-refractivity contribution < 1.29 is 4.39 Å². The molecule has 0 aliphatic heterocycles. The second-order valence-corrected chi connectivity index (χ2v) is 4.69. The third-order valence-electron chi connectivity index (χ3n) is 3.01. The van der Waals surface area contributed by atoms with Crippen molar-refractivity contribution in [2.45, 2.75) is 32.4 Å². The monoisotopic (exact) mass is 246 g/mol. The molecule has 2 aromatic rings. The van der Waals surface area contributed by atoms with Crippen LogP contribution in [0.25, 0.3) is 5.82 Å². The number of aromatic nitrogens is 3. The molecule has 1 fully saturated rings. The maximum atomic E-state index is 13.3. The quantitative estimate of drug-likeness (QED) is 0.896. The Labute approximate surface area is 105 Å². The fourth-order valence-electron chi connectivity index (χ4n) is 1.89. The van der Waals surface area contributed by atoms with E-state index in [1.54, 1.807) is 4.68 Å². The van der Waals surface area contributed by atoms with Gasteiger partial charge in [-0.25, -0.2) is 14.1 Å². The molecule has 4 nitrogen and oxygen atoms in total. The standard InChI is InChI=1S/C13H15FN4/c1-9-4-5-18(17-9)13-10(6-11(14)8-16-13)7-15-12-2-3-12/h4-6,8,12,15H,2-3,7H2,1H3. The highest BCUT2D eigenvalue weighted by Crippen LogP contribution is 2.20. The maximum absolute atomic E-state index is 13.3. The highest BCUT2D eigenvalue weighted by molar-refractivity contribution is 5.33. The van der Waals surface area contributed by atoms with Gasteiger partial charge in [-0.05, 0) is 31.9 Å². The van der Waals surface area contributed by atoms with Gasteiger partial charge in [0.2, 0.25) is 0 Å². The van der Waals surface area contributed by atoms with Crippen molar-refractivity contribution in [3.8, 4) is 5.82 Å². The van der Waals surface area contributed by atoms with Crippen LogP contribution in [-0.4, -0.2) is 20.8 Å². The molecule has 1 N–H and O–H groups in total. The summed E-state index contributed by atoms with van der Waals surface area (Å²) in [5.74, 6) is 0.382. The lowest BCUT2D eigenvalue weighted by Crippen LogP contribution is -2.18. The molecule has 0 aromatic carbocycles. The average Bonchev–Trinajstić information content (AvgIpc) is 3.08. The Morgan fingerprint density at radius 2 is 2.33 bits per heavy atom. The van der Waals surface area contributed by atoms with Crippen molar-refractivity contribution in [2.24, 2.45) is 0 Å². The Hall–Kier alpha value is -1.75. The third kappa shape index (κ3) is 2.41. The van der Waals surface area contributed by atoms with Gasteiger partial charge in [0.25, 0.3) is 0 Å². The number of rotatable bonds is 4. The lowest BCUT2D eigenvalue weighted by Gasteiger charge is -2.09. The topological polar surface area (TPSA) is 42.7 Å². The molecular weight excluding hydrogens is 231 g/mol. The number of nitrogens with zero attached hydrogens (tertiary/aromatic N) is 3. The number of hydrogen-bond acceptors (Lipinski definition) is 3. The molecule has 1 aliphatic rings. The molecule has 0 amide bonds. The van der Waals surface area contributed by atoms with E-state index >= 15 is 0 Å². The first-order valence-electron chi connectivity index (χ1n) is 6.13. The molecule has 1 saturated carbocycles. The van der Waals surface area contributed by atoms with E-state index in [2.05, 4.69) is 15.4 Å². The lowest BCUT2D eigenvalue weighted by atomic mass is 10.2. The van der Waals surface area contributed by atoms with Crippen molar-refractivity contribution in [2.75, 3.05) is 0 Å². The molecule has 2 aromatic heterocycles. The Morgan fingerprint density at radius 1 is 1.50 bits per heavy atom. The Morgan fingerprint density at radius 3 is 3.00 bits per heavy atom. The van der Waals surface area contributed by atoms with Gasteiger partial charge in [-0.1, -0.05) is 0 Å². The van der Waals surface area contributed by atoms with Crippen LogP contribution in [-0.2, 0) is 6.54 Å². The molecule has 0 unspecified atom stereocenters. The first-order chi connectivity index (χ1) is 8.72. The Kier molecular flexibility index (Phi) is 2.83. The zero-order chi connectivity index (χ0) is 12.5. The summed E-state index contributed by atoms with van der Waals surface area (Å²) < 4.78 is 15.0. The maximum Gasteiger partial charge on any atom is 0.157 e. The van der Waals surface area contributed by atoms with Crippen LogP contribution in [0.4, 0.5) is 4.39 Å². The molecule has 0 spiro atoms. The van der Waals surface area contributed by atoms with Gasteiger partial charge in [-0.15, -0.1) is 0 Å². The van der Waals surface area contributed by atoms with Crippen molar-refractivity contribution in [3.05, 3.63) is 41.6 Å². The third-order valence-corrected chi connectivity index (χ3v) is 3.01. The van der Waals surface area contributed by atoms with Crippen LogP contribution >= 0.6 is 0 Å². The molecular formula is C13H15FN4. The minimum atomic E-state index is -0.310. The lowest BCUT2D eigenvalue weighted by molar-refractivity contribution is 0.607. The van der Waals surface area contributed by atoms with Crippen LogP contribution in [0.3, 0.4) is 0 Å². The second kappa shape index (κ2) is 4.49. The predicted octanol–water partition coefficient (Wildman–Crippen LogP) is 1.97. The van der Waals surface area contributed by atoms with E-state index in [1.807, 2.05) is 19.2 Å². The van der Waals surface area contributed by atoms with Crippen molar-refractivity contribution in [1.82, 2.24) is 20.1 Å². The molecule has 5 heteroatoms. The van der Waals surface area contributed by atoms with Gasteiger partial charge in [0, 0.05) is 24.3 Å². The van der Waals surface area contributed by atoms with Crippen molar-refractivity contribution in [1.29, 1.82) is 0 Å². The fraction of sp³-hybridized carbons (Fsp3) is 0.385. The van der Waals surface area contributed by atoms with Crippen molar-refractivity contribution in [3.63, 3.8) is 0 Å². The highest BCUT2D eigenvalue weighted by atomic mass is 19.1. The minimum absolute atomic E-state index is 0.310. The zero-order valence-electron chi connectivity index (χ0n) is 10.2. The van der Waals surface area contributed by atoms with Crippen LogP contribution in [0.1, 0.15) is 24.1 Å². The summed E-state index contributed by atoms with van der Waals surface area (Å²) in [5, 5.41) is 7.69. The summed E-state index contributed by atoms with van der Waals surface area (Å²) in [6, 6.07) is 4.01. The molecule has 1 aliphatic carbocycles. The van der Waals surface area contributed by atoms with Gasteiger partial charge in [-0.3, -0.25) is 0 Å². The Balaban J connectivity index is 1.91.